The molecule has 0 radical (unpaired) electrons. The van der Waals surface area contributed by atoms with E-state index in [1.165, 1.54) is 15.9 Å². The fourth-order valence-electron chi connectivity index (χ4n) is 3.55. The van der Waals surface area contributed by atoms with Crippen LogP contribution in [-0.2, 0) is 11.2 Å². The van der Waals surface area contributed by atoms with Crippen molar-refractivity contribution in [1.29, 1.82) is 0 Å². The average Bonchev–Trinajstić information content (AvgIpc) is 3.22. The lowest BCUT2D eigenvalue weighted by Crippen LogP contribution is -2.22. The van der Waals surface area contributed by atoms with Crippen LogP contribution >= 0.6 is 11.3 Å². The Bertz CT molecular complexity index is 1400. The first-order chi connectivity index (χ1) is 15.9. The fraction of sp³-hybridized carbons (Fsp3) is 0.200. The maximum absolute atomic E-state index is 13.0. The van der Waals surface area contributed by atoms with Crippen molar-refractivity contribution in [2.45, 2.75) is 27.2 Å². The zero-order chi connectivity index (χ0) is 23.5. The molecule has 0 spiro atoms. The summed E-state index contributed by atoms with van der Waals surface area (Å²) in [4.78, 5) is 43.6. The van der Waals surface area contributed by atoms with Gasteiger partial charge in [0.25, 0.3) is 11.5 Å². The Morgan fingerprint density at radius 3 is 2.52 bits per heavy atom. The number of thiophene rings is 1. The summed E-state index contributed by atoms with van der Waals surface area (Å²) < 4.78 is 6.63. The van der Waals surface area contributed by atoms with E-state index in [2.05, 4.69) is 10.3 Å². The number of ether oxygens (including phenoxy) is 1. The number of carbonyl (C=O) groups excluding carboxylic acids is 2. The number of carbonyl (C=O) groups is 2. The highest BCUT2D eigenvalue weighted by Crippen LogP contribution is 2.30. The van der Waals surface area contributed by atoms with Gasteiger partial charge in [0.15, 0.2) is 0 Å². The zero-order valence-electron chi connectivity index (χ0n) is 18.5. The second-order valence-corrected chi connectivity index (χ2v) is 8.48. The molecule has 2 aromatic heterocycles. The third kappa shape index (κ3) is 4.42. The van der Waals surface area contributed by atoms with Gasteiger partial charge in [-0.3, -0.25) is 14.2 Å². The van der Waals surface area contributed by atoms with E-state index in [9.17, 15) is 14.4 Å². The molecule has 4 aromatic rings. The van der Waals surface area contributed by atoms with E-state index in [4.69, 9.17) is 4.74 Å². The highest BCUT2D eigenvalue weighted by molar-refractivity contribution is 7.16. The van der Waals surface area contributed by atoms with Gasteiger partial charge in [0, 0.05) is 10.4 Å². The van der Waals surface area contributed by atoms with Gasteiger partial charge < -0.3 is 10.1 Å². The van der Waals surface area contributed by atoms with Crippen LogP contribution < -0.4 is 10.9 Å². The largest absolute Gasteiger partial charge is 0.462 e. The highest BCUT2D eigenvalue weighted by atomic mass is 32.1. The summed E-state index contributed by atoms with van der Waals surface area (Å²) in [5, 5.41) is 3.82. The second-order valence-electron chi connectivity index (χ2n) is 7.35. The molecule has 0 saturated carbocycles. The molecule has 4 rings (SSSR count). The lowest BCUT2D eigenvalue weighted by molar-refractivity contribution is 0.0528. The molecule has 33 heavy (non-hydrogen) atoms. The Morgan fingerprint density at radius 1 is 1.09 bits per heavy atom. The van der Waals surface area contributed by atoms with E-state index in [0.717, 1.165) is 11.3 Å². The number of para-hydroxylation sites is 1. The van der Waals surface area contributed by atoms with Crippen LogP contribution in [0.5, 0.6) is 0 Å². The molecule has 0 fully saturated rings. The monoisotopic (exact) mass is 461 g/mol. The highest BCUT2D eigenvalue weighted by Gasteiger charge is 2.19. The van der Waals surface area contributed by atoms with Crippen LogP contribution in [0.4, 0.5) is 5.00 Å². The predicted molar refractivity (Wildman–Crippen MR) is 130 cm³/mol. The van der Waals surface area contributed by atoms with Crippen LogP contribution in [0.3, 0.4) is 0 Å². The van der Waals surface area contributed by atoms with Gasteiger partial charge in [-0.25, -0.2) is 9.78 Å². The van der Waals surface area contributed by atoms with Crippen molar-refractivity contribution in [3.63, 3.8) is 0 Å². The normalized spacial score (nSPS) is 10.9. The summed E-state index contributed by atoms with van der Waals surface area (Å²) in [7, 11) is 0. The van der Waals surface area contributed by atoms with Crippen molar-refractivity contribution in [3.05, 3.63) is 86.8 Å². The lowest BCUT2D eigenvalue weighted by atomic mass is 10.1. The first-order valence-electron chi connectivity index (χ1n) is 10.6. The van der Waals surface area contributed by atoms with Crippen molar-refractivity contribution >= 4 is 39.1 Å². The second kappa shape index (κ2) is 9.38. The molecule has 0 saturated heterocycles. The standard InChI is InChI=1S/C25H23N3O4S/c1-4-18-14-20(25(31)32-5-2)23(33-18)27-22(29)16-10-12-17(13-11-16)28-15(3)26-21-9-7-6-8-19(21)24(28)30/h6-14H,4-5H2,1-3H3,(H,27,29). The molecular formula is C25H23N3O4S. The topological polar surface area (TPSA) is 90.3 Å². The molecule has 2 aromatic carbocycles. The molecule has 2 heterocycles. The van der Waals surface area contributed by atoms with Crippen molar-refractivity contribution in [1.82, 2.24) is 9.55 Å². The number of esters is 1. The van der Waals surface area contributed by atoms with Crippen molar-refractivity contribution in [2.75, 3.05) is 11.9 Å². The Kier molecular flexibility index (Phi) is 6.37. The number of benzene rings is 2. The number of fused-ring (bicyclic) bond motifs is 1. The van der Waals surface area contributed by atoms with Gasteiger partial charge in [0.05, 0.1) is 28.8 Å². The molecule has 0 atom stereocenters. The van der Waals surface area contributed by atoms with Gasteiger partial charge >= 0.3 is 5.97 Å². The maximum atomic E-state index is 13.0. The van der Waals surface area contributed by atoms with Gasteiger partial charge in [-0.15, -0.1) is 11.3 Å². The molecule has 0 bridgehead atoms. The summed E-state index contributed by atoms with van der Waals surface area (Å²) >= 11 is 1.36. The smallest absolute Gasteiger partial charge is 0.341 e. The van der Waals surface area contributed by atoms with E-state index in [1.54, 1.807) is 62.4 Å². The molecule has 0 aliphatic carbocycles. The van der Waals surface area contributed by atoms with Gasteiger partial charge in [-0.05, 0) is 62.7 Å². The van der Waals surface area contributed by atoms with Crippen LogP contribution in [-0.4, -0.2) is 28.0 Å². The minimum atomic E-state index is -0.460. The minimum Gasteiger partial charge on any atom is -0.462 e. The Balaban J connectivity index is 1.62. The van der Waals surface area contributed by atoms with Gasteiger partial charge in [0.1, 0.15) is 10.8 Å². The van der Waals surface area contributed by atoms with Crippen LogP contribution in [0.15, 0.2) is 59.4 Å². The van der Waals surface area contributed by atoms with Crippen LogP contribution in [0.2, 0.25) is 0 Å². The van der Waals surface area contributed by atoms with Crippen LogP contribution in [0.25, 0.3) is 16.6 Å². The molecule has 1 N–H and O–H groups in total. The average molecular weight is 462 g/mol. The van der Waals surface area contributed by atoms with E-state index in [0.29, 0.717) is 38.5 Å². The molecule has 0 unspecified atom stereocenters. The summed E-state index contributed by atoms with van der Waals surface area (Å²) in [6.45, 7) is 5.75. The fourth-order valence-corrected chi connectivity index (χ4v) is 4.53. The Hall–Kier alpha value is -3.78. The first-order valence-corrected chi connectivity index (χ1v) is 11.4. The Morgan fingerprint density at radius 2 is 1.82 bits per heavy atom. The van der Waals surface area contributed by atoms with E-state index in [-0.39, 0.29) is 18.1 Å². The number of rotatable bonds is 6. The van der Waals surface area contributed by atoms with Gasteiger partial charge in [0.2, 0.25) is 0 Å². The number of hydrogen-bond acceptors (Lipinski definition) is 6. The molecule has 168 valence electrons. The molecule has 8 heteroatoms. The number of nitrogens with one attached hydrogen (secondary N) is 1. The lowest BCUT2D eigenvalue weighted by Gasteiger charge is -2.11. The molecule has 7 nitrogen and oxygen atoms in total. The molecule has 1 amide bonds. The summed E-state index contributed by atoms with van der Waals surface area (Å²) in [5.41, 5.74) is 1.85. The van der Waals surface area contributed by atoms with Gasteiger partial charge in [-0.1, -0.05) is 19.1 Å². The SMILES string of the molecule is CCOC(=O)c1cc(CC)sc1NC(=O)c1ccc(-n2c(C)nc3ccccc3c2=O)cc1. The number of amides is 1. The number of aromatic nitrogens is 2. The summed E-state index contributed by atoms with van der Waals surface area (Å²) in [6.07, 6.45) is 0.746. The van der Waals surface area contributed by atoms with E-state index in [1.807, 2.05) is 13.0 Å². The first kappa shape index (κ1) is 22.4. The summed E-state index contributed by atoms with van der Waals surface area (Å²) in [5.74, 6) is -0.254. The van der Waals surface area contributed by atoms with Gasteiger partial charge in [-0.2, -0.15) is 0 Å². The molecule has 0 aliphatic heterocycles. The molecule has 0 aliphatic rings. The van der Waals surface area contributed by atoms with Crippen molar-refractivity contribution in [3.8, 4) is 5.69 Å². The minimum absolute atomic E-state index is 0.167. The quantitative estimate of drug-likeness (QED) is 0.419. The van der Waals surface area contributed by atoms with Crippen LogP contribution in [0, 0.1) is 6.92 Å². The number of aryl methyl sites for hydroxylation is 2. The maximum Gasteiger partial charge on any atom is 0.341 e. The van der Waals surface area contributed by atoms with E-state index < -0.39 is 5.97 Å². The number of hydrogen-bond donors (Lipinski definition) is 1. The third-order valence-corrected chi connectivity index (χ3v) is 6.38. The predicted octanol–water partition coefficient (Wildman–Crippen LogP) is 4.75. The third-order valence-electron chi connectivity index (χ3n) is 5.19. The van der Waals surface area contributed by atoms with E-state index >= 15 is 0 Å². The number of nitrogens with zero attached hydrogens (tertiary/aromatic N) is 2. The zero-order valence-corrected chi connectivity index (χ0v) is 19.4. The molecular weight excluding hydrogens is 438 g/mol. The van der Waals surface area contributed by atoms with Crippen molar-refractivity contribution in [2.24, 2.45) is 0 Å². The van der Waals surface area contributed by atoms with Crippen molar-refractivity contribution < 1.29 is 14.3 Å². The summed E-state index contributed by atoms with van der Waals surface area (Å²) in [6, 6.07) is 15.6. The van der Waals surface area contributed by atoms with Crippen LogP contribution in [0.1, 0.15) is 45.3 Å². The number of anilines is 1. The Labute approximate surface area is 194 Å².